The first-order chi connectivity index (χ1) is 11.8. The fraction of sp³-hybridized carbons (Fsp3) is 0. The summed E-state index contributed by atoms with van der Waals surface area (Å²) < 4.78 is 0. The summed E-state index contributed by atoms with van der Waals surface area (Å²) in [5.74, 6) is -0.0733. The third-order valence-electron chi connectivity index (χ3n) is 3.41. The molecule has 0 atom stereocenters. The minimum absolute atomic E-state index is 0.0733. The maximum atomic E-state index is 12.8. The highest BCUT2D eigenvalue weighted by molar-refractivity contribution is 8.02. The molecular formula is C21H17NOS. The van der Waals surface area contributed by atoms with Crippen LogP contribution in [0.5, 0.6) is 0 Å². The van der Waals surface area contributed by atoms with Gasteiger partial charge in [0.25, 0.3) is 5.91 Å². The van der Waals surface area contributed by atoms with Crippen LogP contribution in [0.2, 0.25) is 0 Å². The van der Waals surface area contributed by atoms with E-state index in [2.05, 4.69) is 0 Å². The molecule has 3 aromatic carbocycles. The average molecular weight is 331 g/mol. The lowest BCUT2D eigenvalue weighted by atomic mass is 10.2. The van der Waals surface area contributed by atoms with Crippen LogP contribution in [0.4, 0.5) is 11.4 Å². The molecule has 0 aliphatic rings. The zero-order valence-corrected chi connectivity index (χ0v) is 13.9. The number of thioether (sulfide) groups is 1. The van der Waals surface area contributed by atoms with E-state index in [9.17, 15) is 4.79 Å². The monoisotopic (exact) mass is 331 g/mol. The van der Waals surface area contributed by atoms with E-state index >= 15 is 0 Å². The Morgan fingerprint density at radius 1 is 0.708 bits per heavy atom. The molecule has 0 heterocycles. The van der Waals surface area contributed by atoms with Crippen molar-refractivity contribution in [2.45, 2.75) is 4.90 Å². The first-order valence-corrected chi connectivity index (χ1v) is 8.55. The average Bonchev–Trinajstić information content (AvgIpc) is 2.65. The van der Waals surface area contributed by atoms with Gasteiger partial charge in [-0.2, -0.15) is 0 Å². The Hall–Kier alpha value is -2.78. The van der Waals surface area contributed by atoms with Crippen molar-refractivity contribution >= 4 is 29.0 Å². The zero-order valence-electron chi connectivity index (χ0n) is 13.1. The number of amides is 1. The summed E-state index contributed by atoms with van der Waals surface area (Å²) in [7, 11) is 0. The summed E-state index contributed by atoms with van der Waals surface area (Å²) in [5, 5.41) is 1.83. The largest absolute Gasteiger partial charge is 0.278 e. The Labute approximate surface area is 146 Å². The SMILES string of the molecule is O=C(C=CSc1ccccc1)N(c1ccccc1)c1ccccc1. The maximum Gasteiger partial charge on any atom is 0.256 e. The van der Waals surface area contributed by atoms with Gasteiger partial charge in [0.1, 0.15) is 0 Å². The molecular weight excluding hydrogens is 314 g/mol. The predicted octanol–water partition coefficient (Wildman–Crippen LogP) is 5.66. The van der Waals surface area contributed by atoms with Gasteiger partial charge in [0.05, 0.1) is 0 Å². The van der Waals surface area contributed by atoms with Crippen molar-refractivity contribution in [2.24, 2.45) is 0 Å². The minimum Gasteiger partial charge on any atom is -0.278 e. The fourth-order valence-electron chi connectivity index (χ4n) is 2.30. The van der Waals surface area contributed by atoms with Gasteiger partial charge in [-0.05, 0) is 41.8 Å². The molecule has 0 aromatic heterocycles. The lowest BCUT2D eigenvalue weighted by molar-refractivity contribution is -0.113. The summed E-state index contributed by atoms with van der Waals surface area (Å²) in [4.78, 5) is 15.6. The molecule has 0 radical (unpaired) electrons. The number of anilines is 2. The van der Waals surface area contributed by atoms with Crippen molar-refractivity contribution in [3.05, 3.63) is 102 Å². The number of rotatable bonds is 5. The summed E-state index contributed by atoms with van der Waals surface area (Å²) >= 11 is 1.53. The number of hydrogen-bond donors (Lipinski definition) is 0. The molecule has 3 aromatic rings. The van der Waals surface area contributed by atoms with Gasteiger partial charge in [-0.3, -0.25) is 9.69 Å². The Morgan fingerprint density at radius 2 is 1.17 bits per heavy atom. The molecule has 2 nitrogen and oxygen atoms in total. The van der Waals surface area contributed by atoms with Gasteiger partial charge in [-0.25, -0.2) is 0 Å². The standard InChI is InChI=1S/C21H17NOS/c23-21(16-17-24-20-14-8-3-9-15-20)22(18-10-4-1-5-11-18)19-12-6-2-7-13-19/h1-17H. The smallest absolute Gasteiger partial charge is 0.256 e. The molecule has 0 bridgehead atoms. The van der Waals surface area contributed by atoms with Crippen LogP contribution in [0.1, 0.15) is 0 Å². The summed E-state index contributed by atoms with van der Waals surface area (Å²) in [6, 6.07) is 29.3. The third-order valence-corrected chi connectivity index (χ3v) is 4.22. The number of carbonyl (C=O) groups is 1. The van der Waals surface area contributed by atoms with Crippen molar-refractivity contribution in [1.82, 2.24) is 0 Å². The summed E-state index contributed by atoms with van der Waals surface area (Å²) in [6.07, 6.45) is 1.61. The molecule has 0 aliphatic heterocycles. The summed E-state index contributed by atoms with van der Waals surface area (Å²) in [6.45, 7) is 0. The van der Waals surface area contributed by atoms with E-state index in [4.69, 9.17) is 0 Å². The second-order valence-corrected chi connectivity index (χ2v) is 6.06. The normalized spacial score (nSPS) is 10.7. The Bertz CT molecular complexity index is 762. The molecule has 0 saturated carbocycles. The molecule has 118 valence electrons. The van der Waals surface area contributed by atoms with E-state index in [0.717, 1.165) is 16.3 Å². The van der Waals surface area contributed by atoms with Crippen molar-refractivity contribution in [1.29, 1.82) is 0 Å². The molecule has 0 aliphatic carbocycles. The maximum absolute atomic E-state index is 12.8. The highest BCUT2D eigenvalue weighted by Gasteiger charge is 2.14. The minimum atomic E-state index is -0.0733. The van der Waals surface area contributed by atoms with Gasteiger partial charge in [0.2, 0.25) is 0 Å². The van der Waals surface area contributed by atoms with E-state index in [-0.39, 0.29) is 5.91 Å². The molecule has 0 saturated heterocycles. The molecule has 3 heteroatoms. The second-order valence-electron chi connectivity index (χ2n) is 5.08. The Balaban J connectivity index is 1.82. The molecule has 1 amide bonds. The highest BCUT2D eigenvalue weighted by Crippen LogP contribution is 2.26. The molecule has 3 rings (SSSR count). The third kappa shape index (κ3) is 4.15. The number of benzene rings is 3. The van der Waals surface area contributed by atoms with Crippen LogP contribution < -0.4 is 4.90 Å². The highest BCUT2D eigenvalue weighted by atomic mass is 32.2. The Morgan fingerprint density at radius 3 is 1.67 bits per heavy atom. The molecule has 0 unspecified atom stereocenters. The van der Waals surface area contributed by atoms with E-state index in [1.54, 1.807) is 11.0 Å². The van der Waals surface area contributed by atoms with E-state index < -0.39 is 0 Å². The number of para-hydroxylation sites is 2. The number of carbonyl (C=O) groups excluding carboxylic acids is 1. The van der Waals surface area contributed by atoms with Crippen LogP contribution in [0.15, 0.2) is 107 Å². The van der Waals surface area contributed by atoms with Gasteiger partial charge in [0, 0.05) is 22.3 Å². The van der Waals surface area contributed by atoms with Gasteiger partial charge in [-0.15, -0.1) is 0 Å². The molecule has 0 N–H and O–H groups in total. The predicted molar refractivity (Wildman–Crippen MR) is 101 cm³/mol. The molecule has 0 fully saturated rings. The van der Waals surface area contributed by atoms with Gasteiger partial charge < -0.3 is 0 Å². The first kappa shape index (κ1) is 16.1. The molecule has 0 spiro atoms. The first-order valence-electron chi connectivity index (χ1n) is 7.67. The van der Waals surface area contributed by atoms with Crippen molar-refractivity contribution < 1.29 is 4.79 Å². The van der Waals surface area contributed by atoms with Crippen LogP contribution in [0, 0.1) is 0 Å². The lowest BCUT2D eigenvalue weighted by Crippen LogP contribution is -2.23. The zero-order chi connectivity index (χ0) is 16.6. The number of nitrogens with zero attached hydrogens (tertiary/aromatic N) is 1. The Kier molecular flexibility index (Phi) is 5.48. The van der Waals surface area contributed by atoms with Crippen molar-refractivity contribution in [2.75, 3.05) is 4.90 Å². The quantitative estimate of drug-likeness (QED) is 0.444. The van der Waals surface area contributed by atoms with Gasteiger partial charge in [0.15, 0.2) is 0 Å². The van der Waals surface area contributed by atoms with E-state index in [1.165, 1.54) is 11.8 Å². The van der Waals surface area contributed by atoms with Gasteiger partial charge in [-0.1, -0.05) is 66.4 Å². The lowest BCUT2D eigenvalue weighted by Gasteiger charge is -2.21. The fourth-order valence-corrected chi connectivity index (χ4v) is 2.96. The van der Waals surface area contributed by atoms with Gasteiger partial charge >= 0.3 is 0 Å². The summed E-state index contributed by atoms with van der Waals surface area (Å²) in [5.41, 5.74) is 1.70. The van der Waals surface area contributed by atoms with E-state index in [0.29, 0.717) is 0 Å². The topological polar surface area (TPSA) is 20.3 Å². The van der Waals surface area contributed by atoms with Crippen LogP contribution in [0.3, 0.4) is 0 Å². The van der Waals surface area contributed by atoms with E-state index in [1.807, 2.05) is 96.4 Å². The van der Waals surface area contributed by atoms with Crippen LogP contribution in [-0.4, -0.2) is 5.91 Å². The molecule has 24 heavy (non-hydrogen) atoms. The van der Waals surface area contributed by atoms with Crippen LogP contribution in [0.25, 0.3) is 0 Å². The van der Waals surface area contributed by atoms with Crippen LogP contribution in [-0.2, 0) is 4.79 Å². The van der Waals surface area contributed by atoms with Crippen molar-refractivity contribution in [3.63, 3.8) is 0 Å². The van der Waals surface area contributed by atoms with Crippen molar-refractivity contribution in [3.8, 4) is 0 Å². The number of hydrogen-bond acceptors (Lipinski definition) is 2. The second kappa shape index (κ2) is 8.18. The van der Waals surface area contributed by atoms with Crippen LogP contribution >= 0.6 is 11.8 Å².